The Hall–Kier alpha value is -1.89. The molecule has 0 aliphatic rings. The summed E-state index contributed by atoms with van der Waals surface area (Å²) in [6.07, 6.45) is 8.95. The minimum absolute atomic E-state index is 0.0417. The quantitative estimate of drug-likeness (QED) is 0.781. The van der Waals surface area contributed by atoms with Crippen LogP contribution in [0.2, 0.25) is 0 Å². The molecule has 1 heterocycles. The third-order valence-corrected chi connectivity index (χ3v) is 2.66. The lowest BCUT2D eigenvalue weighted by molar-refractivity contribution is 0.0766. The molecular weight excluding hydrogens is 226 g/mol. The third-order valence-electron chi connectivity index (χ3n) is 2.66. The van der Waals surface area contributed by atoms with E-state index in [1.807, 2.05) is 11.5 Å². The third kappa shape index (κ3) is 3.30. The Balaban J connectivity index is 2.96. The number of nitrogens with zero attached hydrogens (tertiary/aromatic N) is 2. The van der Waals surface area contributed by atoms with Gasteiger partial charge in [-0.3, -0.25) is 4.79 Å². The SMILES string of the molecule is C#CCN(CCC)C(=O)c1cc(N)cn1CCC. The van der Waals surface area contributed by atoms with Crippen molar-refractivity contribution in [1.82, 2.24) is 9.47 Å². The van der Waals surface area contributed by atoms with Gasteiger partial charge in [0.15, 0.2) is 0 Å². The first-order valence-corrected chi connectivity index (χ1v) is 6.32. The lowest BCUT2D eigenvalue weighted by Crippen LogP contribution is -2.33. The molecule has 4 nitrogen and oxygen atoms in total. The van der Waals surface area contributed by atoms with Gasteiger partial charge >= 0.3 is 0 Å². The number of amides is 1. The molecular formula is C14H21N3O. The van der Waals surface area contributed by atoms with E-state index in [-0.39, 0.29) is 5.91 Å². The number of nitrogens with two attached hydrogens (primary N) is 1. The standard InChI is InChI=1S/C14H21N3O/c1-4-7-16(8-5-2)14(18)13-10-12(15)11-17(13)9-6-3/h1,10-11H,5-9,15H2,2-3H3. The highest BCUT2D eigenvalue weighted by Gasteiger charge is 2.18. The van der Waals surface area contributed by atoms with Gasteiger partial charge in [-0.1, -0.05) is 19.8 Å². The summed E-state index contributed by atoms with van der Waals surface area (Å²) in [7, 11) is 0. The highest BCUT2D eigenvalue weighted by atomic mass is 16.2. The molecule has 1 aromatic heterocycles. The molecule has 1 aromatic rings. The molecule has 0 aliphatic carbocycles. The largest absolute Gasteiger partial charge is 0.397 e. The van der Waals surface area contributed by atoms with Crippen molar-refractivity contribution in [2.24, 2.45) is 0 Å². The Morgan fingerprint density at radius 2 is 2.22 bits per heavy atom. The fourth-order valence-corrected chi connectivity index (χ4v) is 1.93. The number of terminal acetylenes is 1. The van der Waals surface area contributed by atoms with Crippen molar-refractivity contribution in [3.05, 3.63) is 18.0 Å². The van der Waals surface area contributed by atoms with E-state index < -0.39 is 0 Å². The molecule has 0 saturated carbocycles. The van der Waals surface area contributed by atoms with Crippen molar-refractivity contribution in [3.63, 3.8) is 0 Å². The smallest absolute Gasteiger partial charge is 0.271 e. The molecule has 1 amide bonds. The van der Waals surface area contributed by atoms with E-state index in [0.717, 1.165) is 19.4 Å². The number of carbonyl (C=O) groups is 1. The van der Waals surface area contributed by atoms with E-state index in [1.165, 1.54) is 0 Å². The van der Waals surface area contributed by atoms with Crippen molar-refractivity contribution < 1.29 is 4.79 Å². The van der Waals surface area contributed by atoms with Crippen molar-refractivity contribution in [2.75, 3.05) is 18.8 Å². The molecule has 4 heteroatoms. The number of hydrogen-bond acceptors (Lipinski definition) is 2. The van der Waals surface area contributed by atoms with Crippen LogP contribution in [0, 0.1) is 12.3 Å². The fourth-order valence-electron chi connectivity index (χ4n) is 1.93. The first-order valence-electron chi connectivity index (χ1n) is 6.32. The molecule has 0 radical (unpaired) electrons. The number of anilines is 1. The summed E-state index contributed by atoms with van der Waals surface area (Å²) in [6.45, 7) is 5.88. The highest BCUT2D eigenvalue weighted by Crippen LogP contribution is 2.14. The number of hydrogen-bond donors (Lipinski definition) is 1. The molecule has 0 unspecified atom stereocenters. The molecule has 0 spiro atoms. The summed E-state index contributed by atoms with van der Waals surface area (Å²) in [5.74, 6) is 2.48. The summed E-state index contributed by atoms with van der Waals surface area (Å²) in [5, 5.41) is 0. The monoisotopic (exact) mass is 247 g/mol. The van der Waals surface area contributed by atoms with Gasteiger partial charge in [0.25, 0.3) is 5.91 Å². The molecule has 2 N–H and O–H groups in total. The second-order valence-corrected chi connectivity index (χ2v) is 4.28. The maximum Gasteiger partial charge on any atom is 0.271 e. The number of aromatic nitrogens is 1. The fraction of sp³-hybridized carbons (Fsp3) is 0.500. The van der Waals surface area contributed by atoms with E-state index in [4.69, 9.17) is 12.2 Å². The molecule has 0 saturated heterocycles. The number of rotatable bonds is 6. The van der Waals surface area contributed by atoms with Crippen molar-refractivity contribution in [2.45, 2.75) is 33.2 Å². The topological polar surface area (TPSA) is 51.3 Å². The molecule has 0 fully saturated rings. The van der Waals surface area contributed by atoms with E-state index in [1.54, 1.807) is 17.2 Å². The Morgan fingerprint density at radius 1 is 1.50 bits per heavy atom. The van der Waals surface area contributed by atoms with Crippen LogP contribution in [0.5, 0.6) is 0 Å². The number of aryl methyl sites for hydroxylation is 1. The summed E-state index contributed by atoms with van der Waals surface area (Å²) >= 11 is 0. The molecule has 0 aromatic carbocycles. The predicted molar refractivity (Wildman–Crippen MR) is 74.2 cm³/mol. The van der Waals surface area contributed by atoms with Crippen LogP contribution in [0.15, 0.2) is 12.3 Å². The van der Waals surface area contributed by atoms with Gasteiger partial charge in [0.05, 0.1) is 12.2 Å². The van der Waals surface area contributed by atoms with Crippen LogP contribution in [0.4, 0.5) is 5.69 Å². The van der Waals surface area contributed by atoms with Crippen LogP contribution in [-0.2, 0) is 6.54 Å². The minimum atomic E-state index is -0.0417. The van der Waals surface area contributed by atoms with Gasteiger partial charge < -0.3 is 15.2 Å². The molecule has 0 aliphatic heterocycles. The summed E-state index contributed by atoms with van der Waals surface area (Å²) in [6, 6.07) is 1.72. The highest BCUT2D eigenvalue weighted by molar-refractivity contribution is 5.94. The van der Waals surface area contributed by atoms with Crippen molar-refractivity contribution in [3.8, 4) is 12.3 Å². The maximum absolute atomic E-state index is 12.4. The summed E-state index contributed by atoms with van der Waals surface area (Å²) in [4.78, 5) is 14.1. The Kier molecular flexibility index (Phi) is 5.31. The zero-order chi connectivity index (χ0) is 13.5. The average molecular weight is 247 g/mol. The van der Waals surface area contributed by atoms with Gasteiger partial charge in [-0.05, 0) is 18.9 Å². The van der Waals surface area contributed by atoms with E-state index in [9.17, 15) is 4.79 Å². The van der Waals surface area contributed by atoms with Gasteiger partial charge in [0.2, 0.25) is 0 Å². The molecule has 1 rings (SSSR count). The molecule has 18 heavy (non-hydrogen) atoms. The number of nitrogen functional groups attached to an aromatic ring is 1. The Morgan fingerprint density at radius 3 is 2.78 bits per heavy atom. The first kappa shape index (κ1) is 14.2. The summed E-state index contributed by atoms with van der Waals surface area (Å²) in [5.41, 5.74) is 7.00. The van der Waals surface area contributed by atoms with Gasteiger partial charge in [-0.2, -0.15) is 0 Å². The van der Waals surface area contributed by atoms with E-state index in [2.05, 4.69) is 12.8 Å². The Bertz CT molecular complexity index is 442. The second-order valence-electron chi connectivity index (χ2n) is 4.28. The molecule has 0 bridgehead atoms. The summed E-state index contributed by atoms with van der Waals surface area (Å²) < 4.78 is 1.90. The molecule has 0 atom stereocenters. The van der Waals surface area contributed by atoms with Crippen LogP contribution < -0.4 is 5.73 Å². The van der Waals surface area contributed by atoms with Gasteiger partial charge in [-0.15, -0.1) is 6.42 Å². The second kappa shape index (κ2) is 6.75. The average Bonchev–Trinajstić information content (AvgIpc) is 2.70. The predicted octanol–water partition coefficient (Wildman–Crippen LogP) is 1.97. The minimum Gasteiger partial charge on any atom is -0.397 e. The maximum atomic E-state index is 12.4. The van der Waals surface area contributed by atoms with Crippen molar-refractivity contribution in [1.29, 1.82) is 0 Å². The lowest BCUT2D eigenvalue weighted by atomic mass is 10.3. The van der Waals surface area contributed by atoms with E-state index >= 15 is 0 Å². The van der Waals surface area contributed by atoms with Gasteiger partial charge in [-0.25, -0.2) is 0 Å². The normalized spacial score (nSPS) is 10.1. The Labute approximate surface area is 109 Å². The van der Waals surface area contributed by atoms with Crippen LogP contribution in [-0.4, -0.2) is 28.5 Å². The van der Waals surface area contributed by atoms with Gasteiger partial charge in [0, 0.05) is 19.3 Å². The van der Waals surface area contributed by atoms with Gasteiger partial charge in [0.1, 0.15) is 5.69 Å². The zero-order valence-corrected chi connectivity index (χ0v) is 11.1. The van der Waals surface area contributed by atoms with Crippen LogP contribution in [0.25, 0.3) is 0 Å². The van der Waals surface area contributed by atoms with Crippen LogP contribution in [0.3, 0.4) is 0 Å². The first-order chi connectivity index (χ1) is 8.63. The van der Waals surface area contributed by atoms with Crippen LogP contribution >= 0.6 is 0 Å². The van der Waals surface area contributed by atoms with Crippen LogP contribution in [0.1, 0.15) is 37.2 Å². The van der Waals surface area contributed by atoms with E-state index in [0.29, 0.717) is 24.5 Å². The van der Waals surface area contributed by atoms with Crippen molar-refractivity contribution >= 4 is 11.6 Å². The lowest BCUT2D eigenvalue weighted by Gasteiger charge is -2.20. The number of carbonyl (C=O) groups excluding carboxylic acids is 1. The molecule has 98 valence electrons. The zero-order valence-electron chi connectivity index (χ0n) is 11.1.